The normalized spacial score (nSPS) is 12.2. The highest BCUT2D eigenvalue weighted by Gasteiger charge is 2.45. The maximum Gasteiger partial charge on any atom is 0.182 e. The van der Waals surface area contributed by atoms with Crippen LogP contribution < -0.4 is 41.5 Å². The minimum atomic E-state index is -3.05. The van der Waals surface area contributed by atoms with E-state index in [0.717, 1.165) is 0 Å². The van der Waals surface area contributed by atoms with E-state index < -0.39 is 16.1 Å². The molecule has 0 aliphatic rings. The molecule has 0 amide bonds. The summed E-state index contributed by atoms with van der Waals surface area (Å²) in [5.41, 5.74) is 7.45. The topological polar surface area (TPSA) is 0 Å². The summed E-state index contributed by atoms with van der Waals surface area (Å²) in [5, 5.41) is 21.6. The Morgan fingerprint density at radius 2 is 0.544 bits per heavy atom. The van der Waals surface area contributed by atoms with Crippen molar-refractivity contribution < 1.29 is 0 Å². The fourth-order valence-electron chi connectivity index (χ4n) is 15.0. The van der Waals surface area contributed by atoms with Crippen molar-refractivity contribution in [3.8, 4) is 33.4 Å². The molecule has 4 heterocycles. The van der Waals surface area contributed by atoms with Crippen molar-refractivity contribution in [3.05, 3.63) is 328 Å². The van der Waals surface area contributed by atoms with Crippen LogP contribution in [-0.2, 0) is 0 Å². The van der Waals surface area contributed by atoms with Gasteiger partial charge in [-0.25, -0.2) is 0 Å². The summed E-state index contributed by atoms with van der Waals surface area (Å²) < 4.78 is 10.6. The Hall–Kier alpha value is -9.61. The summed E-state index contributed by atoms with van der Waals surface area (Å²) in [5.74, 6) is 0. The van der Waals surface area contributed by atoms with Gasteiger partial charge < -0.3 is 0 Å². The van der Waals surface area contributed by atoms with E-state index in [1.807, 2.05) is 45.3 Å². The Balaban J connectivity index is 0.835. The fourth-order valence-corrected chi connectivity index (χ4v) is 30.7. The second-order valence-corrected chi connectivity index (χ2v) is 35.4. The third-order valence-electron chi connectivity index (χ3n) is 19.0. The summed E-state index contributed by atoms with van der Waals surface area (Å²) >= 11 is 7.74. The molecule has 18 rings (SSSR count). The van der Waals surface area contributed by atoms with Crippen LogP contribution in [-0.4, -0.2) is 16.1 Å². The minimum Gasteiger partial charge on any atom is -0.135 e. The lowest BCUT2D eigenvalue weighted by Crippen LogP contribution is -2.74. The number of thiophene rings is 4. The minimum absolute atomic E-state index is 1.22. The molecule has 0 fully saturated rings. The van der Waals surface area contributed by atoms with Crippen molar-refractivity contribution in [1.82, 2.24) is 0 Å². The highest BCUT2D eigenvalue weighted by molar-refractivity contribution is 7.34. The lowest BCUT2D eigenvalue weighted by Gasteiger charge is -2.35. The Labute approximate surface area is 540 Å². The third-order valence-corrected chi connectivity index (χ3v) is 33.8. The highest BCUT2D eigenvalue weighted by atomic mass is 32.1. The van der Waals surface area contributed by atoms with Crippen molar-refractivity contribution in [1.29, 1.82) is 0 Å². The van der Waals surface area contributed by atoms with E-state index in [4.69, 9.17) is 0 Å². The van der Waals surface area contributed by atoms with Gasteiger partial charge in [-0.1, -0.05) is 291 Å². The van der Waals surface area contributed by atoms with Crippen molar-refractivity contribution in [2.75, 3.05) is 0 Å². The number of fused-ring (bicyclic) bond motifs is 12. The maximum absolute atomic E-state index is 3.05. The van der Waals surface area contributed by atoms with Crippen LogP contribution in [0.4, 0.5) is 0 Å². The molecule has 0 bridgehead atoms. The second-order valence-electron chi connectivity index (χ2n) is 23.7. The molecule has 0 spiro atoms. The van der Waals surface area contributed by atoms with E-state index in [1.54, 1.807) is 0 Å². The molecular formula is C84H54S4Si2. The summed E-state index contributed by atoms with van der Waals surface area (Å²) in [6, 6.07) is 125. The van der Waals surface area contributed by atoms with Gasteiger partial charge >= 0.3 is 0 Å². The van der Waals surface area contributed by atoms with Crippen LogP contribution in [0.3, 0.4) is 0 Å². The highest BCUT2D eigenvalue weighted by Crippen LogP contribution is 2.45. The Kier molecular flexibility index (Phi) is 12.8. The van der Waals surface area contributed by atoms with E-state index >= 15 is 0 Å². The van der Waals surface area contributed by atoms with Crippen molar-refractivity contribution in [3.63, 3.8) is 0 Å². The first-order valence-corrected chi connectivity index (χ1v) is 38.0. The van der Waals surface area contributed by atoms with Crippen LogP contribution >= 0.6 is 45.3 Å². The van der Waals surface area contributed by atoms with Crippen LogP contribution in [0.5, 0.6) is 0 Å². The Morgan fingerprint density at radius 1 is 0.178 bits per heavy atom. The average molecular weight is 1250 g/mol. The zero-order chi connectivity index (χ0) is 59.3. The molecule has 0 N–H and O–H groups in total. The SMILES string of the molecule is c1ccc([Si](c2ccccc2)(c2cccc(-c3cccc4c3sc3ccccc34)c2)c2cccc(-c3cc(-c4ccc5c(c4)sc4c([Si](c6ccccc6)(c6ccccc6)c6cccc7c6sc6ccccc67)cccc45)cc4c3sc3ccccc34)c2)cc1. The Bertz CT molecular complexity index is 5720. The molecule has 4 aromatic heterocycles. The van der Waals surface area contributed by atoms with Gasteiger partial charge in [0.15, 0.2) is 16.1 Å². The first kappa shape index (κ1) is 53.4. The molecule has 0 aliphatic heterocycles. The van der Waals surface area contributed by atoms with Gasteiger partial charge in [0.05, 0.1) is 0 Å². The zero-order valence-corrected chi connectivity index (χ0v) is 54.1. The van der Waals surface area contributed by atoms with E-state index in [0.29, 0.717) is 0 Å². The molecular weight excluding hydrogens is 1190 g/mol. The Morgan fingerprint density at radius 3 is 1.07 bits per heavy atom. The molecule has 18 aromatic rings. The molecule has 0 saturated heterocycles. The first-order chi connectivity index (χ1) is 44.6. The van der Waals surface area contributed by atoms with Crippen molar-refractivity contribution >= 4 is 184 Å². The lowest BCUT2D eigenvalue weighted by atomic mass is 9.95. The monoisotopic (exact) mass is 1250 g/mol. The van der Waals surface area contributed by atoms with Gasteiger partial charge in [-0.05, 0) is 106 Å². The molecule has 0 unspecified atom stereocenters. The van der Waals surface area contributed by atoms with Gasteiger partial charge in [0.1, 0.15) is 0 Å². The van der Waals surface area contributed by atoms with E-state index in [2.05, 4.69) is 328 Å². The van der Waals surface area contributed by atoms with Crippen LogP contribution in [0.25, 0.3) is 114 Å². The summed E-state index contributed by atoms with van der Waals surface area (Å²) in [6.07, 6.45) is 0. The quantitative estimate of drug-likeness (QED) is 0.0894. The summed E-state index contributed by atoms with van der Waals surface area (Å²) in [4.78, 5) is 0. The van der Waals surface area contributed by atoms with Crippen molar-refractivity contribution in [2.45, 2.75) is 0 Å². The van der Waals surface area contributed by atoms with E-state index in [9.17, 15) is 0 Å². The summed E-state index contributed by atoms with van der Waals surface area (Å²) in [7, 11) is -6.06. The maximum atomic E-state index is 2.57. The van der Waals surface area contributed by atoms with Crippen LogP contribution in [0.15, 0.2) is 328 Å². The molecule has 14 aromatic carbocycles. The number of benzene rings is 14. The lowest BCUT2D eigenvalue weighted by molar-refractivity contribution is 1.64. The first-order valence-electron chi connectivity index (χ1n) is 30.8. The largest absolute Gasteiger partial charge is 0.182 e. The van der Waals surface area contributed by atoms with E-state index in [1.165, 1.54) is 156 Å². The number of hydrogen-bond donors (Lipinski definition) is 0. The van der Waals surface area contributed by atoms with Crippen LogP contribution in [0, 0.1) is 0 Å². The average Bonchev–Trinajstić information content (AvgIpc) is 1.25. The van der Waals surface area contributed by atoms with Gasteiger partial charge in [0.25, 0.3) is 0 Å². The molecule has 0 aliphatic carbocycles. The van der Waals surface area contributed by atoms with Gasteiger partial charge in [0.2, 0.25) is 0 Å². The van der Waals surface area contributed by atoms with Gasteiger partial charge in [-0.2, -0.15) is 0 Å². The molecule has 0 nitrogen and oxygen atoms in total. The van der Waals surface area contributed by atoms with Crippen LogP contribution in [0.2, 0.25) is 0 Å². The van der Waals surface area contributed by atoms with Gasteiger partial charge in [0, 0.05) is 86.3 Å². The van der Waals surface area contributed by atoms with Gasteiger partial charge in [-0.3, -0.25) is 0 Å². The second kappa shape index (κ2) is 21.6. The molecule has 6 heteroatoms. The zero-order valence-electron chi connectivity index (χ0n) is 48.8. The molecule has 0 atom stereocenters. The van der Waals surface area contributed by atoms with Crippen LogP contribution in [0.1, 0.15) is 0 Å². The van der Waals surface area contributed by atoms with Gasteiger partial charge in [-0.15, -0.1) is 45.3 Å². The predicted octanol–water partition coefficient (Wildman–Crippen LogP) is 18.9. The summed E-state index contributed by atoms with van der Waals surface area (Å²) in [6.45, 7) is 0. The number of rotatable bonds is 11. The standard InChI is InChI=1S/C84H54S4Si2/c1-5-26-59(27-6-1)89(60-28-7-2-8-29-60,63-34-19-24-56(50-63)65-39-21-40-70-66-36-13-16-43-75(66)85-81(65)70)64-35-20-25-57(51-64)73-52-58(53-74-68-38-15-18-45-77(68)86-82(73)74)55-48-49-69-72-42-23-47-80(84(72)88-78(69)54-55)90(61-30-9-3-10-31-61,62-32-11-4-12-33-62)79-46-22-41-71-67-37-14-17-44-76(67)87-83(71)79/h1-54H. The third kappa shape index (κ3) is 8.26. The van der Waals surface area contributed by atoms with E-state index in [-0.39, 0.29) is 0 Å². The molecule has 90 heavy (non-hydrogen) atoms. The molecule has 422 valence electrons. The smallest absolute Gasteiger partial charge is 0.135 e. The number of hydrogen-bond acceptors (Lipinski definition) is 4. The molecule has 0 saturated carbocycles. The predicted molar refractivity (Wildman–Crippen MR) is 402 cm³/mol. The fraction of sp³-hybridized carbons (Fsp3) is 0. The molecule has 0 radical (unpaired) electrons. The van der Waals surface area contributed by atoms with Crippen molar-refractivity contribution in [2.24, 2.45) is 0 Å².